The van der Waals surface area contributed by atoms with Crippen LogP contribution in [0.25, 0.3) is 32.9 Å². The molecule has 4 fully saturated rings. The molecule has 0 unspecified atom stereocenters. The number of terminal acetylenes is 1. The molecule has 2 aromatic heterocycles. The summed E-state index contributed by atoms with van der Waals surface area (Å²) in [4.78, 5) is 18.0. The van der Waals surface area contributed by atoms with Crippen LogP contribution in [0.4, 0.5) is 27.8 Å². The van der Waals surface area contributed by atoms with Crippen LogP contribution in [0.2, 0.25) is 0 Å². The van der Waals surface area contributed by atoms with Crippen molar-refractivity contribution in [3.63, 3.8) is 0 Å². The number of halogens is 5. The largest absolute Gasteiger partial charge is 0.508 e. The van der Waals surface area contributed by atoms with Crippen LogP contribution >= 0.6 is 0 Å². The summed E-state index contributed by atoms with van der Waals surface area (Å²) in [6.45, 7) is 1.78. The molecule has 14 heteroatoms. The van der Waals surface area contributed by atoms with Crippen LogP contribution in [0.5, 0.6) is 17.6 Å². The van der Waals surface area contributed by atoms with Gasteiger partial charge in [0.05, 0.1) is 24.1 Å². The minimum Gasteiger partial charge on any atom is -0.508 e. The molecular formula is C36H33F5N6O3. The van der Waals surface area contributed by atoms with Gasteiger partial charge in [-0.2, -0.15) is 23.1 Å². The number of fused-ring (bicyclic) bond motifs is 6. The Bertz CT molecular complexity index is 2100. The lowest BCUT2D eigenvalue weighted by molar-refractivity contribution is -0.170. The third-order valence-electron chi connectivity index (χ3n) is 11.1. The first-order valence-corrected chi connectivity index (χ1v) is 16.9. The molecule has 3 saturated heterocycles. The van der Waals surface area contributed by atoms with Gasteiger partial charge in [-0.15, -0.1) is 6.42 Å². The van der Waals surface area contributed by atoms with Gasteiger partial charge in [0.15, 0.2) is 5.82 Å². The topological polar surface area (TPSA) is 95.9 Å². The second-order valence-electron chi connectivity index (χ2n) is 14.4. The first-order valence-electron chi connectivity index (χ1n) is 16.9. The number of likely N-dealkylation sites (tertiary alicyclic amines) is 1. The summed E-state index contributed by atoms with van der Waals surface area (Å²) in [5.74, 6) is -0.196. The van der Waals surface area contributed by atoms with Gasteiger partial charge in [-0.1, -0.05) is 12.0 Å². The molecule has 4 aromatic rings. The number of phenolic OH excluding ortho intramolecular Hbond substituents is 1. The Labute approximate surface area is 283 Å². The number of hydrogen-bond acceptors (Lipinski definition) is 9. The Balaban J connectivity index is 1.14. The van der Waals surface area contributed by atoms with Crippen molar-refractivity contribution in [3.05, 3.63) is 41.5 Å². The number of aromatic hydroxyl groups is 1. The van der Waals surface area contributed by atoms with Gasteiger partial charge in [-0.25, -0.2) is 13.8 Å². The van der Waals surface area contributed by atoms with Crippen molar-refractivity contribution in [3.8, 4) is 41.2 Å². The third kappa shape index (κ3) is 5.16. The van der Waals surface area contributed by atoms with Crippen molar-refractivity contribution in [2.75, 3.05) is 44.3 Å². The normalized spacial score (nSPS) is 25.3. The van der Waals surface area contributed by atoms with Crippen molar-refractivity contribution >= 4 is 27.5 Å². The van der Waals surface area contributed by atoms with Crippen LogP contribution in [0, 0.1) is 35.3 Å². The maximum atomic E-state index is 17.0. The zero-order valence-corrected chi connectivity index (χ0v) is 26.9. The number of hydrogen-bond donors (Lipinski definition) is 2. The maximum absolute atomic E-state index is 17.0. The standard InChI is InChI=1S/C36H33F5N6O3/c1-2-22-24(37)5-3-18-11-21(48)12-23(27(18)22)30-29(38)31-28-32(47-14-20-4-6-25(42-20)26(47)15-49-33(28)43-30)45-34(44-31)50-17-35(8-9-35)16-46-10-7-19(13-46)36(39,40)41/h1,3,5,11-12,19-20,25-26,42,48H,4,6-10,13-17H2/t19-,20-,25+,26-/m1/s1. The summed E-state index contributed by atoms with van der Waals surface area (Å²) in [7, 11) is 0. The van der Waals surface area contributed by atoms with Crippen LogP contribution in [-0.4, -0.2) is 88.7 Å². The first-order chi connectivity index (χ1) is 24.0. The van der Waals surface area contributed by atoms with Crippen molar-refractivity contribution in [2.45, 2.75) is 56.4 Å². The van der Waals surface area contributed by atoms with Gasteiger partial charge < -0.3 is 29.7 Å². The van der Waals surface area contributed by atoms with E-state index < -0.39 is 23.7 Å². The molecule has 0 spiro atoms. The molecule has 4 atom stereocenters. The van der Waals surface area contributed by atoms with Gasteiger partial charge in [0.25, 0.3) is 0 Å². The Morgan fingerprint density at radius 2 is 1.92 bits per heavy atom. The second kappa shape index (κ2) is 11.3. The fourth-order valence-corrected chi connectivity index (χ4v) is 8.37. The zero-order chi connectivity index (χ0) is 34.5. The van der Waals surface area contributed by atoms with Crippen molar-refractivity contribution in [1.29, 1.82) is 0 Å². The molecule has 9 nitrogen and oxygen atoms in total. The van der Waals surface area contributed by atoms with Crippen molar-refractivity contribution in [1.82, 2.24) is 25.2 Å². The average molecular weight is 693 g/mol. The lowest BCUT2D eigenvalue weighted by Crippen LogP contribution is -2.60. The number of piperazine rings is 1. The molecular weight excluding hydrogens is 659 g/mol. The number of benzene rings is 2. The van der Waals surface area contributed by atoms with Crippen LogP contribution in [0.1, 0.15) is 37.7 Å². The molecule has 1 aliphatic carbocycles. The second-order valence-corrected chi connectivity index (χ2v) is 14.4. The molecule has 5 aliphatic rings. The Morgan fingerprint density at radius 1 is 1.08 bits per heavy atom. The van der Waals surface area contributed by atoms with Gasteiger partial charge in [-0.3, -0.25) is 0 Å². The Morgan fingerprint density at radius 3 is 2.68 bits per heavy atom. The zero-order valence-electron chi connectivity index (χ0n) is 26.9. The van der Waals surface area contributed by atoms with E-state index in [9.17, 15) is 22.7 Å². The minimum atomic E-state index is -4.22. The maximum Gasteiger partial charge on any atom is 0.393 e. The number of ether oxygens (including phenoxy) is 2. The summed E-state index contributed by atoms with van der Waals surface area (Å²) in [6, 6.07) is 5.43. The molecule has 260 valence electrons. The van der Waals surface area contributed by atoms with E-state index in [0.29, 0.717) is 30.8 Å². The van der Waals surface area contributed by atoms with Crippen molar-refractivity contribution < 1.29 is 36.5 Å². The van der Waals surface area contributed by atoms with Gasteiger partial charge >= 0.3 is 12.2 Å². The van der Waals surface area contributed by atoms with E-state index in [1.807, 2.05) is 4.90 Å². The fourth-order valence-electron chi connectivity index (χ4n) is 8.37. The summed E-state index contributed by atoms with van der Waals surface area (Å²) in [5.41, 5.74) is -0.749. The number of rotatable bonds is 6. The molecule has 9 rings (SSSR count). The Kier molecular flexibility index (Phi) is 7.10. The highest BCUT2D eigenvalue weighted by atomic mass is 19.4. The predicted octanol–water partition coefficient (Wildman–Crippen LogP) is 5.55. The summed E-state index contributed by atoms with van der Waals surface area (Å²) in [6.07, 6.45) is 5.04. The molecule has 0 radical (unpaired) electrons. The molecule has 2 bridgehead atoms. The smallest absolute Gasteiger partial charge is 0.393 e. The van der Waals surface area contributed by atoms with Gasteiger partial charge in [0, 0.05) is 48.1 Å². The molecule has 1 saturated carbocycles. The number of nitrogens with one attached hydrogen (secondary N) is 1. The molecule has 0 amide bonds. The van der Waals surface area contributed by atoms with E-state index in [0.717, 1.165) is 25.7 Å². The van der Waals surface area contributed by atoms with Crippen molar-refractivity contribution in [2.24, 2.45) is 11.3 Å². The first kappa shape index (κ1) is 31.5. The number of nitrogens with zero attached hydrogens (tertiary/aromatic N) is 5. The molecule has 4 aliphatic heterocycles. The lowest BCUT2D eigenvalue weighted by Gasteiger charge is -2.40. The van der Waals surface area contributed by atoms with E-state index in [2.05, 4.69) is 26.1 Å². The molecule has 2 N–H and O–H groups in total. The number of alkyl halides is 3. The van der Waals surface area contributed by atoms with Gasteiger partial charge in [0.2, 0.25) is 5.88 Å². The minimum absolute atomic E-state index is 0.0344. The Hall–Kier alpha value is -4.48. The average Bonchev–Trinajstić information content (AvgIpc) is 3.54. The predicted molar refractivity (Wildman–Crippen MR) is 174 cm³/mol. The van der Waals surface area contributed by atoms with Gasteiger partial charge in [-0.05, 0) is 62.2 Å². The van der Waals surface area contributed by atoms with E-state index >= 15 is 4.39 Å². The molecule has 2 aromatic carbocycles. The quantitative estimate of drug-likeness (QED) is 0.199. The van der Waals surface area contributed by atoms with Crippen LogP contribution in [0.15, 0.2) is 24.3 Å². The number of anilines is 1. The van der Waals surface area contributed by atoms with Gasteiger partial charge in [0.1, 0.15) is 40.6 Å². The summed E-state index contributed by atoms with van der Waals surface area (Å²) < 4.78 is 84.6. The summed E-state index contributed by atoms with van der Waals surface area (Å²) in [5, 5.41) is 15.1. The SMILES string of the molecule is C#Cc1c(F)ccc2cc(O)cc(-c3nc4c5c(nc(OCC6(CN7CC[C@@H](C(F)(F)F)C7)CC6)nc5c3F)N3C[C@H]5CC[C@H](N5)[C@H]3CO4)c12. The summed E-state index contributed by atoms with van der Waals surface area (Å²) >= 11 is 0. The number of phenols is 1. The van der Waals surface area contributed by atoms with Crippen LogP contribution < -0.4 is 19.7 Å². The highest BCUT2D eigenvalue weighted by Crippen LogP contribution is 2.49. The lowest BCUT2D eigenvalue weighted by atomic mass is 9.95. The molecule has 6 heterocycles. The van der Waals surface area contributed by atoms with E-state index in [-0.39, 0.29) is 100 Å². The van der Waals surface area contributed by atoms with E-state index in [1.54, 1.807) is 0 Å². The number of pyridine rings is 1. The third-order valence-corrected chi connectivity index (χ3v) is 11.1. The van der Waals surface area contributed by atoms with Crippen LogP contribution in [0.3, 0.4) is 0 Å². The highest BCUT2D eigenvalue weighted by molar-refractivity contribution is 6.04. The fraction of sp³-hybridized carbons (Fsp3) is 0.472. The van der Waals surface area contributed by atoms with E-state index in [1.165, 1.54) is 24.3 Å². The molecule has 50 heavy (non-hydrogen) atoms. The van der Waals surface area contributed by atoms with E-state index in [4.69, 9.17) is 20.9 Å². The highest BCUT2D eigenvalue weighted by Gasteiger charge is 2.50. The van der Waals surface area contributed by atoms with Crippen LogP contribution in [-0.2, 0) is 0 Å². The monoisotopic (exact) mass is 692 g/mol. The number of aromatic nitrogens is 3.